The predicted octanol–water partition coefficient (Wildman–Crippen LogP) is 0.237. The van der Waals surface area contributed by atoms with Crippen LogP contribution in [0.1, 0.15) is 71.4 Å². The molecular weight excluding hydrogens is 509 g/mol. The van der Waals surface area contributed by atoms with Crippen molar-refractivity contribution < 1.29 is 34.0 Å². The quantitative estimate of drug-likeness (QED) is 0.242. The van der Waals surface area contributed by atoms with Crippen molar-refractivity contribution in [2.75, 3.05) is 0 Å². The topological polar surface area (TPSA) is 202 Å². The molecule has 0 spiro atoms. The van der Waals surface area contributed by atoms with E-state index in [4.69, 9.17) is 9.26 Å². The lowest BCUT2D eigenvalue weighted by Crippen LogP contribution is -2.40. The number of hydrogen-bond donors (Lipinski definition) is 5. The maximum atomic E-state index is 12.8. The van der Waals surface area contributed by atoms with Crippen LogP contribution in [0.25, 0.3) is 0 Å². The zero-order valence-electron chi connectivity index (χ0n) is 21.6. The fourth-order valence-electron chi connectivity index (χ4n) is 4.01. The Morgan fingerprint density at radius 2 is 1.84 bits per heavy atom. The minimum absolute atomic E-state index is 0.0316. The second kappa shape index (κ2) is 10.9. The van der Waals surface area contributed by atoms with Crippen LogP contribution in [0.5, 0.6) is 0 Å². The molecule has 1 saturated heterocycles. The van der Waals surface area contributed by atoms with E-state index in [0.29, 0.717) is 12.2 Å². The zero-order chi connectivity index (χ0) is 27.8. The summed E-state index contributed by atoms with van der Waals surface area (Å²) >= 11 is 0. The molecule has 3 heterocycles. The minimum atomic E-state index is -4.50. The molecule has 0 bridgehead atoms. The van der Waals surface area contributed by atoms with Gasteiger partial charge >= 0.3 is 13.3 Å². The van der Waals surface area contributed by atoms with Crippen molar-refractivity contribution in [3.63, 3.8) is 0 Å². The highest BCUT2D eigenvalue weighted by Gasteiger charge is 2.50. The Bertz CT molecular complexity index is 1260. The summed E-state index contributed by atoms with van der Waals surface area (Å²) in [4.78, 5) is 37.6. The van der Waals surface area contributed by atoms with Gasteiger partial charge in [-0.25, -0.2) is 4.79 Å². The monoisotopic (exact) mass is 545 g/mol. The molecule has 37 heavy (non-hydrogen) atoms. The van der Waals surface area contributed by atoms with Gasteiger partial charge in [0.05, 0.1) is 17.4 Å². The maximum Gasteiger partial charge on any atom is 0.359 e. The van der Waals surface area contributed by atoms with Crippen LogP contribution in [0.3, 0.4) is 0 Å². The van der Waals surface area contributed by atoms with Gasteiger partial charge in [-0.3, -0.25) is 23.6 Å². The van der Waals surface area contributed by atoms with Crippen LogP contribution < -0.4 is 11.2 Å². The summed E-state index contributed by atoms with van der Waals surface area (Å²) in [6.07, 6.45) is -2.45. The van der Waals surface area contributed by atoms with Crippen molar-refractivity contribution in [3.8, 4) is 0 Å². The third-order valence-electron chi connectivity index (χ3n) is 6.94. The van der Waals surface area contributed by atoms with Crippen LogP contribution >= 0.6 is 7.60 Å². The lowest BCUT2D eigenvalue weighted by Gasteiger charge is -2.37. The van der Waals surface area contributed by atoms with E-state index in [1.165, 1.54) is 20.0 Å². The number of hydrogen-bond acceptors (Lipinski definition) is 10. The van der Waals surface area contributed by atoms with Crippen LogP contribution in [-0.4, -0.2) is 74.0 Å². The predicted molar refractivity (Wildman–Crippen MR) is 131 cm³/mol. The van der Waals surface area contributed by atoms with Crippen LogP contribution in [0, 0.1) is 0 Å². The Kier molecular flexibility index (Phi) is 8.64. The van der Waals surface area contributed by atoms with Crippen molar-refractivity contribution in [2.24, 2.45) is 0 Å². The summed E-state index contributed by atoms with van der Waals surface area (Å²) in [5, 5.41) is 37.7. The van der Waals surface area contributed by atoms with Crippen molar-refractivity contribution in [3.05, 3.63) is 44.5 Å². The second-order valence-electron chi connectivity index (χ2n) is 9.80. The average Bonchev–Trinajstić information content (AvgIpc) is 3.40. The molecule has 1 aliphatic rings. The molecule has 0 saturated carbocycles. The summed E-state index contributed by atoms with van der Waals surface area (Å²) in [5.74, 6) is 0. The summed E-state index contributed by atoms with van der Waals surface area (Å²) < 4.78 is 26.7. The van der Waals surface area contributed by atoms with E-state index in [0.717, 1.165) is 4.57 Å². The highest BCUT2D eigenvalue weighted by molar-refractivity contribution is 7.54. The first-order valence-corrected chi connectivity index (χ1v) is 13.8. The van der Waals surface area contributed by atoms with Crippen molar-refractivity contribution in [2.45, 2.75) is 102 Å². The van der Waals surface area contributed by atoms with Gasteiger partial charge in [0.2, 0.25) is 0 Å². The van der Waals surface area contributed by atoms with Crippen molar-refractivity contribution in [1.29, 1.82) is 0 Å². The van der Waals surface area contributed by atoms with E-state index in [2.05, 4.69) is 15.3 Å². The molecule has 0 aliphatic carbocycles. The molecule has 5 N–H and O–H groups in total. The maximum absolute atomic E-state index is 12.8. The summed E-state index contributed by atoms with van der Waals surface area (Å²) in [6, 6.07) is 0. The van der Waals surface area contributed by atoms with Gasteiger partial charge in [-0.15, -0.1) is 5.10 Å². The molecule has 2 aromatic rings. The van der Waals surface area contributed by atoms with E-state index in [9.17, 15) is 34.4 Å². The number of aliphatic hydroxyl groups is 3. The molecular formula is C22H36N5O9P. The summed E-state index contributed by atoms with van der Waals surface area (Å²) in [6.45, 7) is 8.45. The molecule has 0 radical (unpaired) electrons. The number of aromatic amines is 1. The highest BCUT2D eigenvalue weighted by Crippen LogP contribution is 2.59. The smallest absolute Gasteiger partial charge is 0.359 e. The Labute approximate surface area is 213 Å². The number of aryl methyl sites for hydroxylation is 1. The van der Waals surface area contributed by atoms with Crippen molar-refractivity contribution in [1.82, 2.24) is 24.5 Å². The lowest BCUT2D eigenvalue weighted by atomic mass is 9.93. The molecule has 7 atom stereocenters. The number of rotatable bonds is 11. The van der Waals surface area contributed by atoms with Gasteiger partial charge in [0.1, 0.15) is 12.2 Å². The third kappa shape index (κ3) is 6.11. The SMILES string of the molecule is CCn1cc(Cc2cn([C@@H]3O[C@H](C[C@@](C)(CC)OP(=O)(O)C(C)(O)CC)C(O)[C@@H]3O)c(=O)[nH]c2=O)nn1. The van der Waals surface area contributed by atoms with E-state index in [1.54, 1.807) is 24.7 Å². The van der Waals surface area contributed by atoms with Gasteiger partial charge in [0, 0.05) is 37.3 Å². The number of nitrogens with one attached hydrogen (secondary N) is 1. The standard InChI is InChI=1S/C22H36N5O9P/c1-6-21(4,36-37(33,34)22(5,32)7-2)10-15-16(28)17(29)19(35-15)27-11-13(18(30)23-20(27)31)9-14-12-26(8-3)25-24-14/h11-12,15-17,19,28-29,32H,6-10H2,1-5H3,(H,33,34)(H,23,30,31)/t15-,16?,17+,19-,21-,22?/m1/s1. The first kappa shape index (κ1) is 29.4. The zero-order valence-corrected chi connectivity index (χ0v) is 22.5. The Morgan fingerprint density at radius 3 is 2.41 bits per heavy atom. The largest absolute Gasteiger partial charge is 0.388 e. The molecule has 3 unspecified atom stereocenters. The lowest BCUT2D eigenvalue weighted by molar-refractivity contribution is -0.0715. The summed E-state index contributed by atoms with van der Waals surface area (Å²) in [7, 11) is -4.50. The summed E-state index contributed by atoms with van der Waals surface area (Å²) in [5.41, 5.74) is -2.14. The molecule has 1 fully saturated rings. The van der Waals surface area contributed by atoms with Crippen molar-refractivity contribution >= 4 is 7.60 Å². The molecule has 15 heteroatoms. The second-order valence-corrected chi connectivity index (χ2v) is 12.0. The van der Waals surface area contributed by atoms with E-state index in [1.807, 2.05) is 6.92 Å². The first-order valence-electron chi connectivity index (χ1n) is 12.2. The number of aromatic nitrogens is 5. The Balaban J connectivity index is 1.85. The average molecular weight is 546 g/mol. The van der Waals surface area contributed by atoms with Crippen LogP contribution in [-0.2, 0) is 26.8 Å². The number of aliphatic hydroxyl groups excluding tert-OH is 2. The van der Waals surface area contributed by atoms with Gasteiger partial charge in [0.25, 0.3) is 5.56 Å². The third-order valence-corrected chi connectivity index (χ3v) is 9.16. The van der Waals surface area contributed by atoms with E-state index >= 15 is 0 Å². The van der Waals surface area contributed by atoms with Gasteiger partial charge < -0.3 is 29.5 Å². The van der Waals surface area contributed by atoms with Crippen LogP contribution in [0.2, 0.25) is 0 Å². The Hall–Kier alpha value is -2.19. The fourth-order valence-corrected chi connectivity index (χ4v) is 5.40. The molecule has 0 amide bonds. The normalized spacial score (nSPS) is 26.9. The molecule has 14 nitrogen and oxygen atoms in total. The Morgan fingerprint density at radius 1 is 1.16 bits per heavy atom. The molecule has 3 rings (SSSR count). The number of nitrogens with zero attached hydrogens (tertiary/aromatic N) is 4. The molecule has 208 valence electrons. The van der Waals surface area contributed by atoms with E-state index in [-0.39, 0.29) is 31.2 Å². The minimum Gasteiger partial charge on any atom is -0.388 e. The van der Waals surface area contributed by atoms with Gasteiger partial charge in [-0.2, -0.15) is 0 Å². The number of ether oxygens (including phenoxy) is 1. The van der Waals surface area contributed by atoms with Gasteiger partial charge in [-0.1, -0.05) is 19.1 Å². The molecule has 0 aromatic carbocycles. The molecule has 2 aromatic heterocycles. The highest BCUT2D eigenvalue weighted by atomic mass is 31.2. The fraction of sp³-hybridized carbons (Fsp3) is 0.727. The first-order chi connectivity index (χ1) is 17.2. The van der Waals surface area contributed by atoms with Crippen LogP contribution in [0.4, 0.5) is 0 Å². The number of H-pyrrole nitrogens is 1. The van der Waals surface area contributed by atoms with Crippen LogP contribution in [0.15, 0.2) is 22.0 Å². The molecule has 1 aliphatic heterocycles. The van der Waals surface area contributed by atoms with Gasteiger partial charge in [0.15, 0.2) is 11.6 Å². The van der Waals surface area contributed by atoms with E-state index < -0.39 is 54.3 Å². The van der Waals surface area contributed by atoms with Gasteiger partial charge in [-0.05, 0) is 33.6 Å².